The van der Waals surface area contributed by atoms with Crippen LogP contribution in [-0.2, 0) is 4.79 Å². The van der Waals surface area contributed by atoms with Gasteiger partial charge in [0.15, 0.2) is 0 Å². The third-order valence-corrected chi connectivity index (χ3v) is 5.44. The molecule has 1 heterocycles. The van der Waals surface area contributed by atoms with Gasteiger partial charge in [0.05, 0.1) is 12.1 Å². The van der Waals surface area contributed by atoms with Crippen LogP contribution in [0.4, 0.5) is 0 Å². The molecule has 1 aromatic carbocycles. The molecule has 24 heavy (non-hydrogen) atoms. The number of carbonyl (C=O) groups is 1. The molecule has 1 N–H and O–H groups in total. The van der Waals surface area contributed by atoms with Crippen molar-refractivity contribution in [3.63, 3.8) is 0 Å². The van der Waals surface area contributed by atoms with Gasteiger partial charge in [0.25, 0.3) is 0 Å². The van der Waals surface area contributed by atoms with E-state index in [1.807, 2.05) is 13.1 Å². The molecule has 2 unspecified atom stereocenters. The average Bonchev–Trinajstić information content (AvgIpc) is 2.83. The summed E-state index contributed by atoms with van der Waals surface area (Å²) >= 11 is 0. The molecule has 1 fully saturated rings. The van der Waals surface area contributed by atoms with Crippen LogP contribution in [0.3, 0.4) is 0 Å². The lowest BCUT2D eigenvalue weighted by atomic mass is 9.86. The van der Waals surface area contributed by atoms with Crippen LogP contribution < -0.4 is 5.32 Å². The zero-order valence-corrected chi connectivity index (χ0v) is 15.0. The molecule has 0 saturated carbocycles. The fourth-order valence-electron chi connectivity index (χ4n) is 3.79. The summed E-state index contributed by atoms with van der Waals surface area (Å²) in [6.45, 7) is 5.14. The van der Waals surface area contributed by atoms with Gasteiger partial charge in [-0.1, -0.05) is 62.4 Å². The molecule has 0 spiro atoms. The van der Waals surface area contributed by atoms with Crippen molar-refractivity contribution >= 4 is 5.91 Å². The summed E-state index contributed by atoms with van der Waals surface area (Å²) in [6.07, 6.45) is 9.51. The molecule has 0 radical (unpaired) electrons. The lowest BCUT2D eigenvalue weighted by molar-refractivity contribution is -0.134. The Morgan fingerprint density at radius 2 is 1.96 bits per heavy atom. The van der Waals surface area contributed by atoms with Gasteiger partial charge in [-0.25, -0.2) is 0 Å². The van der Waals surface area contributed by atoms with Gasteiger partial charge in [-0.15, -0.1) is 0 Å². The molecule has 0 bridgehead atoms. The summed E-state index contributed by atoms with van der Waals surface area (Å²) in [7, 11) is 1.89. The first kappa shape index (κ1) is 17.0. The molecular weight excluding hydrogens is 296 g/mol. The van der Waals surface area contributed by atoms with Gasteiger partial charge >= 0.3 is 0 Å². The molecule has 3 heteroatoms. The number of amides is 1. The number of likely N-dealkylation sites (N-methyl/N-ethyl adjacent to an activating group) is 1. The second-order valence-corrected chi connectivity index (χ2v) is 7.44. The molecule has 2 aliphatic rings. The van der Waals surface area contributed by atoms with E-state index in [1.165, 1.54) is 11.1 Å². The van der Waals surface area contributed by atoms with Crippen molar-refractivity contribution in [1.82, 2.24) is 10.2 Å². The smallest absolute Gasteiger partial charge is 0.240 e. The van der Waals surface area contributed by atoms with Crippen molar-refractivity contribution in [2.75, 3.05) is 13.6 Å². The van der Waals surface area contributed by atoms with Crippen molar-refractivity contribution in [2.45, 2.75) is 45.2 Å². The summed E-state index contributed by atoms with van der Waals surface area (Å²) in [5.74, 6) is 0.229. The first-order valence-corrected chi connectivity index (χ1v) is 8.94. The van der Waals surface area contributed by atoms with Crippen LogP contribution in [0.5, 0.6) is 0 Å². The van der Waals surface area contributed by atoms with Gasteiger partial charge in [0.1, 0.15) is 0 Å². The maximum absolute atomic E-state index is 13.2. The minimum Gasteiger partial charge on any atom is -0.330 e. The zero-order valence-electron chi connectivity index (χ0n) is 15.0. The Labute approximate surface area is 145 Å². The highest BCUT2D eigenvalue weighted by Gasteiger charge is 2.35. The van der Waals surface area contributed by atoms with E-state index < -0.39 is 0 Å². The molecule has 1 aromatic rings. The van der Waals surface area contributed by atoms with Gasteiger partial charge < -0.3 is 10.2 Å². The highest BCUT2D eigenvalue weighted by molar-refractivity contribution is 5.83. The van der Waals surface area contributed by atoms with E-state index in [0.29, 0.717) is 6.54 Å². The quantitative estimate of drug-likeness (QED) is 0.912. The van der Waals surface area contributed by atoms with Crippen molar-refractivity contribution in [3.05, 3.63) is 59.7 Å². The van der Waals surface area contributed by atoms with Crippen LogP contribution in [0.15, 0.2) is 54.1 Å². The van der Waals surface area contributed by atoms with Crippen molar-refractivity contribution < 1.29 is 4.79 Å². The van der Waals surface area contributed by atoms with Gasteiger partial charge in [0.2, 0.25) is 5.91 Å². The number of nitrogens with one attached hydrogen (secondary N) is 1. The molecule has 128 valence electrons. The first-order chi connectivity index (χ1) is 11.5. The van der Waals surface area contributed by atoms with E-state index in [2.05, 4.69) is 66.6 Å². The number of carbonyl (C=O) groups excluding carboxylic acids is 1. The van der Waals surface area contributed by atoms with Gasteiger partial charge in [-0.3, -0.25) is 4.79 Å². The average molecular weight is 324 g/mol. The van der Waals surface area contributed by atoms with Crippen LogP contribution in [0, 0.1) is 5.41 Å². The molecule has 1 aliphatic heterocycles. The minimum absolute atomic E-state index is 0.0307. The summed E-state index contributed by atoms with van der Waals surface area (Å²) in [6, 6.07) is 10.6. The Bertz CT molecular complexity index is 645. The van der Waals surface area contributed by atoms with E-state index >= 15 is 0 Å². The van der Waals surface area contributed by atoms with E-state index in [9.17, 15) is 4.79 Å². The third kappa shape index (κ3) is 3.32. The Kier molecular flexibility index (Phi) is 4.91. The maximum atomic E-state index is 13.2. The van der Waals surface area contributed by atoms with Crippen molar-refractivity contribution in [1.29, 1.82) is 0 Å². The second-order valence-electron chi connectivity index (χ2n) is 7.44. The highest BCUT2D eigenvalue weighted by atomic mass is 16.2. The number of rotatable bonds is 4. The summed E-state index contributed by atoms with van der Waals surface area (Å²) in [4.78, 5) is 15.3. The SMILES string of the molecule is CNC1CCCC(c2ccccc2)N(CC2=CC=CC2(C)C)C1=O. The molecule has 2 atom stereocenters. The standard InChI is InChI=1S/C21H28N2O/c1-21(2)14-8-11-17(21)15-23-19(16-9-5-4-6-10-16)13-7-12-18(22-3)20(23)24/h4-6,8-11,14,18-19,22H,7,12-13,15H2,1-3H3. The number of hydrogen-bond donors (Lipinski definition) is 1. The molecule has 1 saturated heterocycles. The molecule has 1 amide bonds. The lowest BCUT2D eigenvalue weighted by Gasteiger charge is -2.35. The van der Waals surface area contributed by atoms with Gasteiger partial charge in [0, 0.05) is 12.0 Å². The van der Waals surface area contributed by atoms with E-state index in [0.717, 1.165) is 19.3 Å². The van der Waals surface area contributed by atoms with Crippen LogP contribution in [-0.4, -0.2) is 30.4 Å². The molecule has 1 aliphatic carbocycles. The number of allylic oxidation sites excluding steroid dienone is 3. The van der Waals surface area contributed by atoms with Crippen LogP contribution >= 0.6 is 0 Å². The number of nitrogens with zero attached hydrogens (tertiary/aromatic N) is 1. The zero-order chi connectivity index (χ0) is 17.2. The summed E-state index contributed by atoms with van der Waals surface area (Å²) < 4.78 is 0. The molecule has 0 aromatic heterocycles. The summed E-state index contributed by atoms with van der Waals surface area (Å²) in [5.41, 5.74) is 2.59. The Hall–Kier alpha value is -1.87. The lowest BCUT2D eigenvalue weighted by Crippen LogP contribution is -2.46. The van der Waals surface area contributed by atoms with E-state index in [4.69, 9.17) is 0 Å². The number of likely N-dealkylation sites (tertiary alicyclic amines) is 1. The first-order valence-electron chi connectivity index (χ1n) is 8.94. The highest BCUT2D eigenvalue weighted by Crippen LogP contribution is 2.37. The molecular formula is C21H28N2O. The topological polar surface area (TPSA) is 32.3 Å². The molecule has 3 nitrogen and oxygen atoms in total. The summed E-state index contributed by atoms with van der Waals surface area (Å²) in [5, 5.41) is 3.22. The number of hydrogen-bond acceptors (Lipinski definition) is 2. The van der Waals surface area contributed by atoms with Crippen molar-refractivity contribution in [3.8, 4) is 0 Å². The normalized spacial score (nSPS) is 26.4. The molecule has 3 rings (SSSR count). The maximum Gasteiger partial charge on any atom is 0.240 e. The monoisotopic (exact) mass is 324 g/mol. The van der Waals surface area contributed by atoms with Crippen LogP contribution in [0.1, 0.15) is 44.7 Å². The minimum atomic E-state index is -0.0724. The fraction of sp³-hybridized carbons (Fsp3) is 0.476. The van der Waals surface area contributed by atoms with Crippen LogP contribution in [0.25, 0.3) is 0 Å². The van der Waals surface area contributed by atoms with E-state index in [1.54, 1.807) is 0 Å². The van der Waals surface area contributed by atoms with Crippen molar-refractivity contribution in [2.24, 2.45) is 5.41 Å². The van der Waals surface area contributed by atoms with Gasteiger partial charge in [-0.05, 0) is 37.4 Å². The van der Waals surface area contributed by atoms with Crippen LogP contribution in [0.2, 0.25) is 0 Å². The largest absolute Gasteiger partial charge is 0.330 e. The van der Waals surface area contributed by atoms with Gasteiger partial charge in [-0.2, -0.15) is 0 Å². The van der Waals surface area contributed by atoms with E-state index in [-0.39, 0.29) is 23.4 Å². The Morgan fingerprint density at radius 1 is 1.21 bits per heavy atom. The third-order valence-electron chi connectivity index (χ3n) is 5.44. The Morgan fingerprint density at radius 3 is 2.58 bits per heavy atom. The predicted molar refractivity (Wildman–Crippen MR) is 98.6 cm³/mol. The second kappa shape index (κ2) is 6.94. The Balaban J connectivity index is 1.92. The predicted octanol–water partition coefficient (Wildman–Crippen LogP) is 3.85. The number of benzene rings is 1. The fourth-order valence-corrected chi connectivity index (χ4v) is 3.79.